The Kier molecular flexibility index (Phi) is 3.50. The topological polar surface area (TPSA) is 64.8 Å². The van der Waals surface area contributed by atoms with Crippen molar-refractivity contribution in [3.05, 3.63) is 69.5 Å². The van der Waals surface area contributed by atoms with Crippen LogP contribution in [0.4, 0.5) is 0 Å². The summed E-state index contributed by atoms with van der Waals surface area (Å²) >= 11 is 5.85. The number of benzene rings is 2. The second-order valence-electron chi connectivity index (χ2n) is 4.50. The zero-order valence-electron chi connectivity index (χ0n) is 10.9. The molecule has 1 aromatic heterocycles. The molecule has 0 N–H and O–H groups in total. The molecule has 3 rings (SSSR count). The van der Waals surface area contributed by atoms with Gasteiger partial charge in [-0.05, 0) is 24.3 Å². The van der Waals surface area contributed by atoms with Gasteiger partial charge in [-0.3, -0.25) is 9.59 Å². The molecule has 0 spiro atoms. The molecule has 0 amide bonds. The van der Waals surface area contributed by atoms with E-state index in [0.29, 0.717) is 21.5 Å². The normalized spacial score (nSPS) is 10.7. The SMILES string of the molecule is O=C(Cn1nnc2ccccc2c1=O)c1cccc(Cl)c1. The zero-order valence-corrected chi connectivity index (χ0v) is 11.6. The van der Waals surface area contributed by atoms with Crippen molar-refractivity contribution in [3.8, 4) is 0 Å². The molecule has 104 valence electrons. The van der Waals surface area contributed by atoms with Crippen LogP contribution in [-0.2, 0) is 6.54 Å². The van der Waals surface area contributed by atoms with Crippen molar-refractivity contribution in [2.75, 3.05) is 0 Å². The van der Waals surface area contributed by atoms with E-state index in [1.807, 2.05) is 0 Å². The van der Waals surface area contributed by atoms with E-state index in [-0.39, 0.29) is 17.9 Å². The van der Waals surface area contributed by atoms with Crippen molar-refractivity contribution >= 4 is 28.3 Å². The molecule has 0 atom stereocenters. The van der Waals surface area contributed by atoms with Gasteiger partial charge in [-0.25, -0.2) is 4.68 Å². The van der Waals surface area contributed by atoms with Gasteiger partial charge in [0.1, 0.15) is 12.1 Å². The number of fused-ring (bicyclic) bond motifs is 1. The fourth-order valence-corrected chi connectivity index (χ4v) is 2.21. The second-order valence-corrected chi connectivity index (χ2v) is 4.94. The van der Waals surface area contributed by atoms with Crippen LogP contribution in [0.2, 0.25) is 5.02 Å². The molecule has 0 saturated heterocycles. The highest BCUT2D eigenvalue weighted by atomic mass is 35.5. The van der Waals surface area contributed by atoms with E-state index < -0.39 is 0 Å². The molecule has 0 fully saturated rings. The minimum atomic E-state index is -0.337. The molecule has 0 unspecified atom stereocenters. The highest BCUT2D eigenvalue weighted by Gasteiger charge is 2.11. The number of hydrogen-bond acceptors (Lipinski definition) is 4. The lowest BCUT2D eigenvalue weighted by molar-refractivity contribution is 0.0964. The quantitative estimate of drug-likeness (QED) is 0.696. The summed E-state index contributed by atoms with van der Waals surface area (Å²) in [5.74, 6) is -0.246. The van der Waals surface area contributed by atoms with Gasteiger partial charge in [-0.1, -0.05) is 41.1 Å². The summed E-state index contributed by atoms with van der Waals surface area (Å²) in [5.41, 5.74) is 0.606. The Balaban J connectivity index is 1.97. The first kappa shape index (κ1) is 13.5. The van der Waals surface area contributed by atoms with Gasteiger partial charge in [0.25, 0.3) is 5.56 Å². The third-order valence-corrected chi connectivity index (χ3v) is 3.30. The first-order chi connectivity index (χ1) is 10.1. The molecule has 0 bridgehead atoms. The molecule has 21 heavy (non-hydrogen) atoms. The van der Waals surface area contributed by atoms with Crippen LogP contribution in [0.1, 0.15) is 10.4 Å². The summed E-state index contributed by atoms with van der Waals surface area (Å²) in [6.07, 6.45) is 0. The molecule has 3 aromatic rings. The lowest BCUT2D eigenvalue weighted by Gasteiger charge is -2.04. The molecule has 0 saturated carbocycles. The Hall–Kier alpha value is -2.53. The fourth-order valence-electron chi connectivity index (χ4n) is 2.02. The maximum absolute atomic E-state index is 12.2. The van der Waals surface area contributed by atoms with E-state index in [1.165, 1.54) is 0 Å². The lowest BCUT2D eigenvalue weighted by atomic mass is 10.1. The average Bonchev–Trinajstić information content (AvgIpc) is 2.50. The Morgan fingerprint density at radius 1 is 1.14 bits per heavy atom. The maximum atomic E-state index is 12.2. The van der Waals surface area contributed by atoms with E-state index in [4.69, 9.17) is 11.6 Å². The molecule has 6 heteroatoms. The summed E-state index contributed by atoms with van der Waals surface area (Å²) in [5, 5.41) is 8.64. The lowest BCUT2D eigenvalue weighted by Crippen LogP contribution is -2.27. The monoisotopic (exact) mass is 299 g/mol. The predicted molar refractivity (Wildman–Crippen MR) is 79.6 cm³/mol. The molecule has 2 aromatic carbocycles. The summed E-state index contributed by atoms with van der Waals surface area (Å²) in [4.78, 5) is 24.4. The molecule has 0 radical (unpaired) electrons. The van der Waals surface area contributed by atoms with Gasteiger partial charge >= 0.3 is 0 Å². The Bertz CT molecular complexity index is 889. The smallest absolute Gasteiger partial charge is 0.278 e. The van der Waals surface area contributed by atoms with Crippen LogP contribution in [-0.4, -0.2) is 20.8 Å². The van der Waals surface area contributed by atoms with E-state index in [0.717, 1.165) is 4.68 Å². The molecule has 1 heterocycles. The van der Waals surface area contributed by atoms with Crippen LogP contribution in [0, 0.1) is 0 Å². The number of hydrogen-bond donors (Lipinski definition) is 0. The number of ketones is 1. The van der Waals surface area contributed by atoms with E-state index in [1.54, 1.807) is 48.5 Å². The summed E-state index contributed by atoms with van der Waals surface area (Å²) < 4.78 is 1.06. The van der Waals surface area contributed by atoms with Gasteiger partial charge in [0.15, 0.2) is 5.78 Å². The van der Waals surface area contributed by atoms with Crippen molar-refractivity contribution in [3.63, 3.8) is 0 Å². The summed E-state index contributed by atoms with van der Waals surface area (Å²) in [7, 11) is 0. The van der Waals surface area contributed by atoms with Crippen molar-refractivity contribution in [1.29, 1.82) is 0 Å². The first-order valence-electron chi connectivity index (χ1n) is 6.26. The van der Waals surface area contributed by atoms with Crippen LogP contribution in [0.3, 0.4) is 0 Å². The second kappa shape index (κ2) is 5.46. The molecule has 0 aliphatic carbocycles. The van der Waals surface area contributed by atoms with Crippen LogP contribution < -0.4 is 5.56 Å². The largest absolute Gasteiger partial charge is 0.292 e. The van der Waals surface area contributed by atoms with Crippen LogP contribution in [0.25, 0.3) is 10.9 Å². The van der Waals surface area contributed by atoms with E-state index in [9.17, 15) is 9.59 Å². The van der Waals surface area contributed by atoms with Crippen LogP contribution >= 0.6 is 11.6 Å². The number of carbonyl (C=O) groups is 1. The summed E-state index contributed by atoms with van der Waals surface area (Å²) in [6, 6.07) is 13.5. The number of rotatable bonds is 3. The minimum Gasteiger partial charge on any atom is -0.292 e. The highest BCUT2D eigenvalue weighted by Crippen LogP contribution is 2.11. The van der Waals surface area contributed by atoms with Gasteiger partial charge in [0, 0.05) is 10.6 Å². The predicted octanol–water partition coefficient (Wildman–Crippen LogP) is 2.33. The fraction of sp³-hybridized carbons (Fsp3) is 0.0667. The molecule has 0 aliphatic heterocycles. The number of carbonyl (C=O) groups excluding carboxylic acids is 1. The van der Waals surface area contributed by atoms with Gasteiger partial charge in [-0.15, -0.1) is 5.10 Å². The number of aromatic nitrogens is 3. The average molecular weight is 300 g/mol. The summed E-state index contributed by atoms with van der Waals surface area (Å²) in [6.45, 7) is -0.170. The Morgan fingerprint density at radius 3 is 2.76 bits per heavy atom. The first-order valence-corrected chi connectivity index (χ1v) is 6.64. The molecule has 0 aliphatic rings. The van der Waals surface area contributed by atoms with Gasteiger partial charge in [0.2, 0.25) is 0 Å². The number of halogens is 1. The molecular formula is C15H10ClN3O2. The highest BCUT2D eigenvalue weighted by molar-refractivity contribution is 6.31. The van der Waals surface area contributed by atoms with Crippen molar-refractivity contribution in [2.45, 2.75) is 6.54 Å². The van der Waals surface area contributed by atoms with Gasteiger partial charge < -0.3 is 0 Å². The maximum Gasteiger partial charge on any atom is 0.278 e. The van der Waals surface area contributed by atoms with Crippen LogP contribution in [0.5, 0.6) is 0 Å². The minimum absolute atomic E-state index is 0.170. The van der Waals surface area contributed by atoms with Gasteiger partial charge in [0.05, 0.1) is 5.39 Å². The van der Waals surface area contributed by atoms with E-state index in [2.05, 4.69) is 10.3 Å². The zero-order chi connectivity index (χ0) is 14.8. The van der Waals surface area contributed by atoms with Crippen molar-refractivity contribution in [2.24, 2.45) is 0 Å². The Morgan fingerprint density at radius 2 is 1.95 bits per heavy atom. The van der Waals surface area contributed by atoms with Gasteiger partial charge in [-0.2, -0.15) is 0 Å². The van der Waals surface area contributed by atoms with Crippen LogP contribution in [0.15, 0.2) is 53.3 Å². The van der Waals surface area contributed by atoms with E-state index >= 15 is 0 Å². The third kappa shape index (κ3) is 2.68. The molecule has 5 nitrogen and oxygen atoms in total. The van der Waals surface area contributed by atoms with Crippen molar-refractivity contribution in [1.82, 2.24) is 15.0 Å². The third-order valence-electron chi connectivity index (χ3n) is 3.07. The molecular weight excluding hydrogens is 290 g/mol. The number of Topliss-reactive ketones (excluding diaryl/α,β-unsaturated/α-hetero) is 1. The number of nitrogens with zero attached hydrogens (tertiary/aromatic N) is 3. The standard InChI is InChI=1S/C15H10ClN3O2/c16-11-5-3-4-10(8-11)14(20)9-19-15(21)12-6-1-2-7-13(12)17-18-19/h1-8H,9H2. The Labute approximate surface area is 124 Å². The van der Waals surface area contributed by atoms with Crippen molar-refractivity contribution < 1.29 is 4.79 Å².